The van der Waals surface area contributed by atoms with Crippen LogP contribution < -0.4 is 14.8 Å². The zero-order chi connectivity index (χ0) is 26.8. The van der Waals surface area contributed by atoms with Gasteiger partial charge in [-0.15, -0.1) is 11.3 Å². The lowest BCUT2D eigenvalue weighted by atomic mass is 9.92. The maximum atomic E-state index is 13.5. The highest BCUT2D eigenvalue weighted by atomic mass is 35.5. The van der Waals surface area contributed by atoms with E-state index in [0.29, 0.717) is 36.9 Å². The highest BCUT2D eigenvalue weighted by Gasteiger charge is 2.35. The minimum absolute atomic E-state index is 0.349. The van der Waals surface area contributed by atoms with E-state index < -0.39 is 0 Å². The van der Waals surface area contributed by atoms with Gasteiger partial charge in [0.25, 0.3) is 0 Å². The number of ether oxygens (including phenoxy) is 2. The molecule has 0 radical (unpaired) electrons. The van der Waals surface area contributed by atoms with Gasteiger partial charge in [-0.2, -0.15) is 0 Å². The Bertz CT molecular complexity index is 1580. The lowest BCUT2D eigenvalue weighted by molar-refractivity contribution is 0.135. The fraction of sp³-hybridized carbons (Fsp3) is 0.200. The van der Waals surface area contributed by atoms with Crippen molar-refractivity contribution in [1.82, 2.24) is 14.9 Å². The normalized spacial score (nSPS) is 14.7. The topological polar surface area (TPSA) is 79.5 Å². The molecule has 0 saturated carbocycles. The first-order valence-corrected chi connectivity index (χ1v) is 14.0. The zero-order valence-corrected chi connectivity index (χ0v) is 22.9. The predicted molar refractivity (Wildman–Crippen MR) is 155 cm³/mol. The van der Waals surface area contributed by atoms with Crippen molar-refractivity contribution in [2.45, 2.75) is 19.4 Å². The quantitative estimate of drug-likeness (QED) is 0.206. The molecule has 3 aromatic carbocycles. The van der Waals surface area contributed by atoms with Gasteiger partial charge in [-0.05, 0) is 66.9 Å². The van der Waals surface area contributed by atoms with Crippen LogP contribution >= 0.6 is 22.9 Å². The molecule has 39 heavy (non-hydrogen) atoms. The van der Waals surface area contributed by atoms with Crippen LogP contribution in [0.4, 0.5) is 9.93 Å². The van der Waals surface area contributed by atoms with Crippen LogP contribution in [0.1, 0.15) is 28.4 Å². The van der Waals surface area contributed by atoms with Gasteiger partial charge in [-0.1, -0.05) is 41.4 Å². The number of nitrogens with zero attached hydrogens (tertiary/aromatic N) is 2. The van der Waals surface area contributed by atoms with Gasteiger partial charge in [0.2, 0.25) is 0 Å². The van der Waals surface area contributed by atoms with E-state index in [-0.39, 0.29) is 12.1 Å². The summed E-state index contributed by atoms with van der Waals surface area (Å²) < 4.78 is 11.7. The lowest BCUT2D eigenvalue weighted by Gasteiger charge is -2.35. The Kier molecular flexibility index (Phi) is 7.13. The molecular weight excluding hydrogens is 532 g/mol. The van der Waals surface area contributed by atoms with Gasteiger partial charge < -0.3 is 19.8 Å². The van der Waals surface area contributed by atoms with Crippen molar-refractivity contribution in [2.24, 2.45) is 0 Å². The number of carbonyl (C=O) groups excluding carboxylic acids is 1. The van der Waals surface area contributed by atoms with E-state index in [1.165, 1.54) is 5.56 Å². The first-order valence-electron chi connectivity index (χ1n) is 12.8. The SMILES string of the molecule is Cc1ccc(OC(=O)N2CCc3c([nH]c4ccc(Cl)cc34)C2c2ccc(OCCNc3nccs3)cc2)cc1. The minimum Gasteiger partial charge on any atom is -0.492 e. The Labute approximate surface area is 235 Å². The number of aryl methyl sites for hydroxylation is 1. The highest BCUT2D eigenvalue weighted by molar-refractivity contribution is 7.13. The number of aromatic amines is 1. The minimum atomic E-state index is -0.389. The average molecular weight is 559 g/mol. The molecule has 7 nitrogen and oxygen atoms in total. The van der Waals surface area contributed by atoms with Crippen LogP contribution in [0.15, 0.2) is 78.3 Å². The lowest BCUT2D eigenvalue weighted by Crippen LogP contribution is -2.42. The molecule has 1 aliphatic heterocycles. The van der Waals surface area contributed by atoms with Gasteiger partial charge in [0.15, 0.2) is 5.13 Å². The van der Waals surface area contributed by atoms with Crippen LogP contribution in [0, 0.1) is 6.92 Å². The Morgan fingerprint density at radius 2 is 1.92 bits per heavy atom. The first kappa shape index (κ1) is 25.3. The van der Waals surface area contributed by atoms with E-state index in [1.807, 2.05) is 79.0 Å². The fourth-order valence-corrected chi connectivity index (χ4v) is 5.68. The van der Waals surface area contributed by atoms with Gasteiger partial charge in [-0.3, -0.25) is 4.90 Å². The number of hydrogen-bond donors (Lipinski definition) is 2. The van der Waals surface area contributed by atoms with Crippen molar-refractivity contribution >= 4 is 45.1 Å². The van der Waals surface area contributed by atoms with Gasteiger partial charge in [0.1, 0.15) is 24.1 Å². The van der Waals surface area contributed by atoms with Crippen LogP contribution in [-0.2, 0) is 6.42 Å². The molecule has 2 N–H and O–H groups in total. The van der Waals surface area contributed by atoms with Crippen molar-refractivity contribution in [3.8, 4) is 11.5 Å². The Balaban J connectivity index is 1.26. The zero-order valence-electron chi connectivity index (χ0n) is 21.3. The molecule has 2 aromatic heterocycles. The smallest absolute Gasteiger partial charge is 0.416 e. The molecule has 198 valence electrons. The second kappa shape index (κ2) is 11.0. The van der Waals surface area contributed by atoms with Crippen molar-refractivity contribution in [2.75, 3.05) is 25.0 Å². The number of rotatable bonds is 7. The van der Waals surface area contributed by atoms with E-state index in [1.54, 1.807) is 22.4 Å². The number of hydrogen-bond acceptors (Lipinski definition) is 6. The van der Waals surface area contributed by atoms with E-state index >= 15 is 0 Å². The number of fused-ring (bicyclic) bond motifs is 3. The molecule has 9 heteroatoms. The molecule has 0 bridgehead atoms. The molecule has 1 amide bonds. The summed E-state index contributed by atoms with van der Waals surface area (Å²) in [6, 6.07) is 20.9. The van der Waals surface area contributed by atoms with Crippen molar-refractivity contribution in [3.63, 3.8) is 0 Å². The molecule has 0 spiro atoms. The highest BCUT2D eigenvalue weighted by Crippen LogP contribution is 2.40. The second-order valence-electron chi connectivity index (χ2n) is 9.42. The number of anilines is 1. The number of aromatic nitrogens is 2. The molecule has 1 aliphatic rings. The summed E-state index contributed by atoms with van der Waals surface area (Å²) in [7, 11) is 0. The monoisotopic (exact) mass is 558 g/mol. The molecule has 3 heterocycles. The van der Waals surface area contributed by atoms with Gasteiger partial charge in [0, 0.05) is 39.7 Å². The number of thiazole rings is 1. The second-order valence-corrected chi connectivity index (χ2v) is 10.7. The molecule has 0 saturated heterocycles. The Morgan fingerprint density at radius 3 is 2.69 bits per heavy atom. The summed E-state index contributed by atoms with van der Waals surface area (Å²) in [6.07, 6.45) is 2.08. The van der Waals surface area contributed by atoms with Gasteiger partial charge in [0.05, 0.1) is 6.54 Å². The molecule has 1 atom stereocenters. The fourth-order valence-electron chi connectivity index (χ4n) is 4.95. The molecule has 6 rings (SSSR count). The van der Waals surface area contributed by atoms with E-state index in [2.05, 4.69) is 15.3 Å². The van der Waals surface area contributed by atoms with Crippen molar-refractivity contribution in [1.29, 1.82) is 0 Å². The summed E-state index contributed by atoms with van der Waals surface area (Å²) in [6.45, 7) is 3.67. The summed E-state index contributed by atoms with van der Waals surface area (Å²) in [5, 5.41) is 7.82. The number of benzene rings is 3. The van der Waals surface area contributed by atoms with Crippen LogP contribution in [0.5, 0.6) is 11.5 Å². The summed E-state index contributed by atoms with van der Waals surface area (Å²) in [5.74, 6) is 1.28. The number of amides is 1. The van der Waals surface area contributed by atoms with Crippen LogP contribution in [0.3, 0.4) is 0 Å². The number of H-pyrrole nitrogens is 1. The molecule has 0 aliphatic carbocycles. The van der Waals surface area contributed by atoms with Crippen molar-refractivity contribution < 1.29 is 14.3 Å². The maximum Gasteiger partial charge on any atom is 0.416 e. The molecule has 0 fully saturated rings. The average Bonchev–Trinajstić information content (AvgIpc) is 3.60. The summed E-state index contributed by atoms with van der Waals surface area (Å²) >= 11 is 7.89. The first-order chi connectivity index (χ1) is 19.0. The molecule has 5 aromatic rings. The predicted octanol–water partition coefficient (Wildman–Crippen LogP) is 7.22. The standard InChI is InChI=1S/C30H27ClN4O3S/c1-19-2-7-23(8-3-19)38-30(36)35-15-12-24-25-18-21(31)6-11-26(25)34-27(24)28(35)20-4-9-22(10-5-20)37-16-13-32-29-33-14-17-39-29/h2-11,14,17-18,28,34H,12-13,15-16H2,1H3,(H,32,33). The van der Waals surface area contributed by atoms with E-state index in [9.17, 15) is 4.79 Å². The van der Waals surface area contributed by atoms with Crippen LogP contribution in [0.25, 0.3) is 10.9 Å². The van der Waals surface area contributed by atoms with Crippen molar-refractivity contribution in [3.05, 3.63) is 106 Å². The number of nitrogens with one attached hydrogen (secondary N) is 2. The van der Waals surface area contributed by atoms with Crippen LogP contribution in [-0.4, -0.2) is 40.7 Å². The van der Waals surface area contributed by atoms with E-state index in [4.69, 9.17) is 21.1 Å². The summed E-state index contributed by atoms with van der Waals surface area (Å²) in [4.78, 5) is 23.1. The number of carbonyl (C=O) groups is 1. The maximum absolute atomic E-state index is 13.5. The molecule has 1 unspecified atom stereocenters. The third-order valence-corrected chi connectivity index (χ3v) is 7.79. The Hall–Kier alpha value is -4.01. The number of halogens is 1. The van der Waals surface area contributed by atoms with E-state index in [0.717, 1.165) is 38.6 Å². The van der Waals surface area contributed by atoms with Gasteiger partial charge in [-0.25, -0.2) is 9.78 Å². The third kappa shape index (κ3) is 5.44. The third-order valence-electron chi connectivity index (χ3n) is 6.82. The van der Waals surface area contributed by atoms with Gasteiger partial charge >= 0.3 is 6.09 Å². The van der Waals surface area contributed by atoms with Crippen LogP contribution in [0.2, 0.25) is 5.02 Å². The largest absolute Gasteiger partial charge is 0.492 e. The molecular formula is C30H27ClN4O3S. The summed E-state index contributed by atoms with van der Waals surface area (Å²) in [5.41, 5.74) is 5.21. The Morgan fingerprint density at radius 1 is 1.13 bits per heavy atom.